The molecule has 0 radical (unpaired) electrons. The van der Waals surface area contributed by atoms with Crippen molar-refractivity contribution >= 4 is 17.7 Å². The van der Waals surface area contributed by atoms with E-state index in [1.165, 1.54) is 40.6 Å². The molecule has 0 unspecified atom stereocenters. The molecule has 0 saturated carbocycles. The molecule has 33 heavy (non-hydrogen) atoms. The number of hydrogen-bond donors (Lipinski definition) is 0. The van der Waals surface area contributed by atoms with Gasteiger partial charge in [0.05, 0.1) is 35.0 Å². The molecule has 1 saturated heterocycles. The SMILES string of the molecule is CCOC(=O)[C@H]1[C@H](C(=O)c2ccc(OC)c(OC)c2)C(=O)O[C@H]1c1ccc(OC)c(OC)c1. The highest BCUT2D eigenvalue weighted by Gasteiger charge is 2.54. The van der Waals surface area contributed by atoms with Crippen molar-refractivity contribution in [1.29, 1.82) is 0 Å². The number of ether oxygens (including phenoxy) is 6. The molecule has 9 nitrogen and oxygen atoms in total. The third-order valence-corrected chi connectivity index (χ3v) is 5.43. The summed E-state index contributed by atoms with van der Waals surface area (Å²) in [5.41, 5.74) is 0.651. The fourth-order valence-corrected chi connectivity index (χ4v) is 3.84. The van der Waals surface area contributed by atoms with E-state index in [0.717, 1.165) is 0 Å². The summed E-state index contributed by atoms with van der Waals surface area (Å²) in [5, 5.41) is 0. The van der Waals surface area contributed by atoms with Gasteiger partial charge in [0.1, 0.15) is 17.9 Å². The Balaban J connectivity index is 2.03. The van der Waals surface area contributed by atoms with E-state index in [2.05, 4.69) is 0 Å². The van der Waals surface area contributed by atoms with Crippen LogP contribution in [-0.4, -0.2) is 52.8 Å². The van der Waals surface area contributed by atoms with Gasteiger partial charge in [-0.05, 0) is 42.8 Å². The first-order valence-electron chi connectivity index (χ1n) is 10.2. The van der Waals surface area contributed by atoms with Crippen molar-refractivity contribution in [3.63, 3.8) is 0 Å². The summed E-state index contributed by atoms with van der Waals surface area (Å²) in [4.78, 5) is 39.2. The van der Waals surface area contributed by atoms with E-state index in [1.54, 1.807) is 31.2 Å². The minimum Gasteiger partial charge on any atom is -0.493 e. The van der Waals surface area contributed by atoms with Gasteiger partial charge in [0.15, 0.2) is 28.8 Å². The second-order valence-electron chi connectivity index (χ2n) is 7.16. The topological polar surface area (TPSA) is 107 Å². The van der Waals surface area contributed by atoms with Gasteiger partial charge in [0, 0.05) is 5.56 Å². The number of methoxy groups -OCH3 is 4. The Morgan fingerprint density at radius 2 is 1.42 bits per heavy atom. The third kappa shape index (κ3) is 4.57. The van der Waals surface area contributed by atoms with Crippen molar-refractivity contribution in [2.24, 2.45) is 11.8 Å². The Morgan fingerprint density at radius 3 is 2.00 bits per heavy atom. The average Bonchev–Trinajstić information content (AvgIpc) is 3.19. The third-order valence-electron chi connectivity index (χ3n) is 5.43. The first kappa shape index (κ1) is 23.9. The highest BCUT2D eigenvalue weighted by Crippen LogP contribution is 2.44. The van der Waals surface area contributed by atoms with Gasteiger partial charge in [-0.1, -0.05) is 6.07 Å². The van der Waals surface area contributed by atoms with E-state index in [0.29, 0.717) is 28.6 Å². The minimum absolute atomic E-state index is 0.0828. The van der Waals surface area contributed by atoms with Crippen LogP contribution in [-0.2, 0) is 19.1 Å². The molecular formula is C24H26O9. The van der Waals surface area contributed by atoms with E-state index >= 15 is 0 Å². The molecule has 0 spiro atoms. The van der Waals surface area contributed by atoms with E-state index in [9.17, 15) is 14.4 Å². The number of carbonyl (C=O) groups excluding carboxylic acids is 3. The van der Waals surface area contributed by atoms with Crippen LogP contribution in [0.1, 0.15) is 28.9 Å². The number of Topliss-reactive ketones (excluding diaryl/α,β-unsaturated/α-hetero) is 1. The zero-order valence-corrected chi connectivity index (χ0v) is 19.1. The molecule has 1 aliphatic heterocycles. The standard InChI is InChI=1S/C24H26O9/c1-6-32-23(26)20-19(21(25)13-7-9-15(28-2)17(11-13)30-4)24(27)33-22(20)14-8-10-16(29-3)18(12-14)31-5/h7-12,19-20,22H,6H2,1-5H3/t19-,20+,22+/m1/s1. The number of ketones is 1. The zero-order valence-electron chi connectivity index (χ0n) is 19.1. The summed E-state index contributed by atoms with van der Waals surface area (Å²) in [5.74, 6) is -3.07. The second kappa shape index (κ2) is 10.2. The monoisotopic (exact) mass is 458 g/mol. The first-order valence-corrected chi connectivity index (χ1v) is 10.2. The van der Waals surface area contributed by atoms with E-state index < -0.39 is 35.7 Å². The van der Waals surface area contributed by atoms with E-state index in [4.69, 9.17) is 28.4 Å². The Morgan fingerprint density at radius 1 is 0.848 bits per heavy atom. The average molecular weight is 458 g/mol. The van der Waals surface area contributed by atoms with Gasteiger partial charge >= 0.3 is 11.9 Å². The van der Waals surface area contributed by atoms with Gasteiger partial charge in [-0.25, -0.2) is 0 Å². The molecule has 0 amide bonds. The lowest BCUT2D eigenvalue weighted by molar-refractivity contribution is -0.150. The van der Waals surface area contributed by atoms with Crippen LogP contribution in [0, 0.1) is 11.8 Å². The van der Waals surface area contributed by atoms with Crippen LogP contribution in [0.5, 0.6) is 23.0 Å². The highest BCUT2D eigenvalue weighted by molar-refractivity contribution is 6.12. The maximum Gasteiger partial charge on any atom is 0.318 e. The van der Waals surface area contributed by atoms with Crippen LogP contribution in [0.15, 0.2) is 36.4 Å². The molecule has 176 valence electrons. The summed E-state index contributed by atoms with van der Waals surface area (Å²) in [7, 11) is 5.86. The maximum absolute atomic E-state index is 13.4. The fraction of sp³-hybridized carbons (Fsp3) is 0.375. The number of rotatable bonds is 9. The van der Waals surface area contributed by atoms with Gasteiger partial charge in [-0.15, -0.1) is 0 Å². The summed E-state index contributed by atoms with van der Waals surface area (Å²) >= 11 is 0. The van der Waals surface area contributed by atoms with Crippen LogP contribution in [0.25, 0.3) is 0 Å². The normalized spacial score (nSPS) is 19.4. The Hall–Kier alpha value is -3.75. The van der Waals surface area contributed by atoms with E-state index in [1.807, 2.05) is 0 Å². The summed E-state index contributed by atoms with van der Waals surface area (Å²) in [6.07, 6.45) is -1.04. The van der Waals surface area contributed by atoms with Crippen molar-refractivity contribution < 1.29 is 42.8 Å². The van der Waals surface area contributed by atoms with Gasteiger partial charge in [0.25, 0.3) is 0 Å². The molecule has 1 aliphatic rings. The first-order chi connectivity index (χ1) is 15.9. The molecular weight excluding hydrogens is 432 g/mol. The lowest BCUT2D eigenvalue weighted by atomic mass is 9.82. The molecule has 3 atom stereocenters. The van der Waals surface area contributed by atoms with Crippen molar-refractivity contribution in [1.82, 2.24) is 0 Å². The maximum atomic E-state index is 13.4. The number of esters is 2. The van der Waals surface area contributed by atoms with Crippen LogP contribution < -0.4 is 18.9 Å². The summed E-state index contributed by atoms with van der Waals surface area (Å²) in [6.45, 7) is 1.73. The van der Waals surface area contributed by atoms with E-state index in [-0.39, 0.29) is 12.2 Å². The van der Waals surface area contributed by atoms with Gasteiger partial charge in [-0.3, -0.25) is 14.4 Å². The minimum atomic E-state index is -1.39. The molecule has 2 aromatic rings. The van der Waals surface area contributed by atoms with Crippen LogP contribution in [0.2, 0.25) is 0 Å². The largest absolute Gasteiger partial charge is 0.493 e. The molecule has 0 bridgehead atoms. The Bertz CT molecular complexity index is 1050. The smallest absolute Gasteiger partial charge is 0.318 e. The molecule has 0 aliphatic carbocycles. The number of carbonyl (C=O) groups is 3. The quantitative estimate of drug-likeness (QED) is 0.318. The van der Waals surface area contributed by atoms with Crippen LogP contribution >= 0.6 is 0 Å². The highest BCUT2D eigenvalue weighted by atomic mass is 16.6. The van der Waals surface area contributed by atoms with Crippen molar-refractivity contribution in [3.05, 3.63) is 47.5 Å². The zero-order chi connectivity index (χ0) is 24.1. The lowest BCUT2D eigenvalue weighted by Crippen LogP contribution is -2.33. The molecule has 2 aromatic carbocycles. The molecule has 9 heteroatoms. The lowest BCUT2D eigenvalue weighted by Gasteiger charge is -2.20. The Kier molecular flexibility index (Phi) is 7.42. The molecule has 1 fully saturated rings. The second-order valence-corrected chi connectivity index (χ2v) is 7.16. The van der Waals surface area contributed by atoms with Gasteiger partial charge in [-0.2, -0.15) is 0 Å². The number of hydrogen-bond acceptors (Lipinski definition) is 9. The predicted octanol–water partition coefficient (Wildman–Crippen LogP) is 3.00. The van der Waals surface area contributed by atoms with Crippen molar-refractivity contribution in [2.75, 3.05) is 35.0 Å². The molecule has 3 rings (SSSR count). The van der Waals surface area contributed by atoms with Gasteiger partial charge in [0.2, 0.25) is 0 Å². The van der Waals surface area contributed by atoms with Crippen molar-refractivity contribution in [3.8, 4) is 23.0 Å². The number of benzene rings is 2. The van der Waals surface area contributed by atoms with Crippen LogP contribution in [0.3, 0.4) is 0 Å². The molecule has 1 heterocycles. The predicted molar refractivity (Wildman–Crippen MR) is 116 cm³/mol. The fourth-order valence-electron chi connectivity index (χ4n) is 3.84. The number of cyclic esters (lactones) is 1. The van der Waals surface area contributed by atoms with Crippen LogP contribution in [0.4, 0.5) is 0 Å². The molecule has 0 N–H and O–H groups in total. The van der Waals surface area contributed by atoms with Gasteiger partial charge < -0.3 is 28.4 Å². The summed E-state index contributed by atoms with van der Waals surface area (Å²) in [6, 6.07) is 9.40. The van der Waals surface area contributed by atoms with Crippen molar-refractivity contribution in [2.45, 2.75) is 13.0 Å². The summed E-state index contributed by atoms with van der Waals surface area (Å²) < 4.78 is 31.8. The Labute approximate surface area is 191 Å². The molecule has 0 aromatic heterocycles.